The molecule has 1 fully saturated rings. The second-order valence-electron chi connectivity index (χ2n) is 5.38. The average molecular weight is 314 g/mol. The molecule has 1 aliphatic rings. The number of hydrogen-bond acceptors (Lipinski definition) is 2. The summed E-state index contributed by atoms with van der Waals surface area (Å²) in [7, 11) is 2.09. The van der Waals surface area contributed by atoms with Crippen LogP contribution >= 0.6 is 15.9 Å². The summed E-state index contributed by atoms with van der Waals surface area (Å²) < 4.78 is 3.37. The second kappa shape index (κ2) is 6.20. The Morgan fingerprint density at radius 2 is 2.22 bits per heavy atom. The fourth-order valence-electron chi connectivity index (χ4n) is 3.08. The number of aromatic nitrogens is 2. The van der Waals surface area contributed by atoms with E-state index in [0.29, 0.717) is 6.04 Å². The van der Waals surface area contributed by atoms with E-state index in [9.17, 15) is 0 Å². The Kier molecular flexibility index (Phi) is 4.84. The highest BCUT2D eigenvalue weighted by Gasteiger charge is 2.23. The number of hydrogen-bond donors (Lipinski definition) is 1. The molecule has 2 atom stereocenters. The molecule has 0 saturated heterocycles. The van der Waals surface area contributed by atoms with Crippen LogP contribution in [-0.2, 0) is 13.0 Å². The lowest BCUT2D eigenvalue weighted by Gasteiger charge is -2.29. The van der Waals surface area contributed by atoms with Crippen LogP contribution in [0.25, 0.3) is 0 Å². The SMILES string of the molecule is CCn1nc(C)c(Br)c1CC1CCCC(NC)C1. The summed E-state index contributed by atoms with van der Waals surface area (Å²) in [5, 5.41) is 8.02. The Labute approximate surface area is 118 Å². The van der Waals surface area contributed by atoms with Crippen LogP contribution in [0.15, 0.2) is 4.47 Å². The van der Waals surface area contributed by atoms with Crippen molar-refractivity contribution < 1.29 is 0 Å². The van der Waals surface area contributed by atoms with Crippen molar-refractivity contribution in [2.45, 2.75) is 58.5 Å². The highest BCUT2D eigenvalue weighted by molar-refractivity contribution is 9.10. The molecular formula is C14H24BrN3. The van der Waals surface area contributed by atoms with Crippen molar-refractivity contribution in [3.8, 4) is 0 Å². The van der Waals surface area contributed by atoms with Crippen molar-refractivity contribution in [1.29, 1.82) is 0 Å². The van der Waals surface area contributed by atoms with Gasteiger partial charge in [-0.1, -0.05) is 6.42 Å². The summed E-state index contributed by atoms with van der Waals surface area (Å²) in [5.41, 5.74) is 2.50. The van der Waals surface area contributed by atoms with Crippen molar-refractivity contribution in [3.05, 3.63) is 15.9 Å². The molecule has 2 unspecified atom stereocenters. The minimum Gasteiger partial charge on any atom is -0.317 e. The number of rotatable bonds is 4. The third kappa shape index (κ3) is 2.97. The van der Waals surface area contributed by atoms with Gasteiger partial charge in [-0.05, 0) is 68.4 Å². The molecule has 1 aliphatic carbocycles. The zero-order valence-corrected chi connectivity index (χ0v) is 13.3. The molecule has 1 aromatic heterocycles. The monoisotopic (exact) mass is 313 g/mol. The van der Waals surface area contributed by atoms with E-state index in [0.717, 1.165) is 24.6 Å². The first-order valence-corrected chi connectivity index (χ1v) is 7.84. The predicted molar refractivity (Wildman–Crippen MR) is 78.8 cm³/mol. The Balaban J connectivity index is 2.08. The maximum absolute atomic E-state index is 4.59. The van der Waals surface area contributed by atoms with E-state index >= 15 is 0 Å². The van der Waals surface area contributed by atoms with Crippen LogP contribution in [-0.4, -0.2) is 22.9 Å². The minimum atomic E-state index is 0.710. The number of nitrogens with zero attached hydrogens (tertiary/aromatic N) is 2. The van der Waals surface area contributed by atoms with Gasteiger partial charge >= 0.3 is 0 Å². The average Bonchev–Trinajstić information content (AvgIpc) is 2.67. The molecule has 1 N–H and O–H groups in total. The zero-order chi connectivity index (χ0) is 13.1. The van der Waals surface area contributed by atoms with Gasteiger partial charge < -0.3 is 5.32 Å². The predicted octanol–water partition coefficient (Wildman–Crippen LogP) is 3.29. The van der Waals surface area contributed by atoms with E-state index < -0.39 is 0 Å². The Morgan fingerprint density at radius 1 is 1.44 bits per heavy atom. The molecule has 102 valence electrons. The highest BCUT2D eigenvalue weighted by atomic mass is 79.9. The molecule has 18 heavy (non-hydrogen) atoms. The fraction of sp³-hybridized carbons (Fsp3) is 0.786. The molecule has 0 bridgehead atoms. The first-order valence-electron chi connectivity index (χ1n) is 7.04. The number of halogens is 1. The van der Waals surface area contributed by atoms with E-state index in [1.54, 1.807) is 0 Å². The van der Waals surface area contributed by atoms with Crippen LogP contribution in [0.1, 0.15) is 44.0 Å². The minimum absolute atomic E-state index is 0.710. The van der Waals surface area contributed by atoms with E-state index in [1.165, 1.54) is 35.8 Å². The maximum Gasteiger partial charge on any atom is 0.0738 e. The Bertz CT molecular complexity index is 400. The summed E-state index contributed by atoms with van der Waals surface area (Å²) >= 11 is 3.70. The van der Waals surface area contributed by atoms with Gasteiger partial charge in [-0.25, -0.2) is 0 Å². The topological polar surface area (TPSA) is 29.9 Å². The molecular weight excluding hydrogens is 290 g/mol. The van der Waals surface area contributed by atoms with Crippen LogP contribution in [0.2, 0.25) is 0 Å². The standard InChI is InChI=1S/C14H24BrN3/c1-4-18-13(14(15)10(2)17-18)9-11-6-5-7-12(8-11)16-3/h11-12,16H,4-9H2,1-3H3. The van der Waals surface area contributed by atoms with Crippen LogP contribution in [0, 0.1) is 12.8 Å². The van der Waals surface area contributed by atoms with Gasteiger partial charge in [0.05, 0.1) is 15.9 Å². The number of aryl methyl sites for hydroxylation is 2. The maximum atomic E-state index is 4.59. The summed E-state index contributed by atoms with van der Waals surface area (Å²) in [6, 6.07) is 0.710. The van der Waals surface area contributed by atoms with Crippen LogP contribution < -0.4 is 5.32 Å². The summed E-state index contributed by atoms with van der Waals surface area (Å²) in [5.74, 6) is 0.800. The van der Waals surface area contributed by atoms with Crippen LogP contribution in [0.5, 0.6) is 0 Å². The quantitative estimate of drug-likeness (QED) is 0.924. The lowest BCUT2D eigenvalue weighted by Crippen LogP contribution is -2.32. The van der Waals surface area contributed by atoms with Gasteiger partial charge in [-0.2, -0.15) is 5.10 Å². The second-order valence-corrected chi connectivity index (χ2v) is 6.18. The smallest absolute Gasteiger partial charge is 0.0738 e. The van der Waals surface area contributed by atoms with Gasteiger partial charge in [0.25, 0.3) is 0 Å². The molecule has 1 heterocycles. The highest BCUT2D eigenvalue weighted by Crippen LogP contribution is 2.30. The zero-order valence-electron chi connectivity index (χ0n) is 11.7. The molecule has 1 saturated carbocycles. The van der Waals surface area contributed by atoms with E-state index in [4.69, 9.17) is 0 Å². The molecule has 0 aromatic carbocycles. The molecule has 3 nitrogen and oxygen atoms in total. The molecule has 1 aromatic rings. The molecule has 0 radical (unpaired) electrons. The first kappa shape index (κ1) is 14.1. The summed E-state index contributed by atoms with van der Waals surface area (Å²) in [4.78, 5) is 0. The normalized spacial score (nSPS) is 24.4. The van der Waals surface area contributed by atoms with E-state index in [2.05, 4.69) is 51.9 Å². The van der Waals surface area contributed by atoms with Gasteiger partial charge in [0.15, 0.2) is 0 Å². The van der Waals surface area contributed by atoms with Gasteiger partial charge in [0, 0.05) is 12.6 Å². The van der Waals surface area contributed by atoms with E-state index in [1.807, 2.05) is 0 Å². The van der Waals surface area contributed by atoms with Gasteiger partial charge in [0.2, 0.25) is 0 Å². The van der Waals surface area contributed by atoms with Gasteiger partial charge in [-0.15, -0.1) is 0 Å². The fourth-order valence-corrected chi connectivity index (χ4v) is 3.52. The third-order valence-corrected chi connectivity index (χ3v) is 5.16. The third-order valence-electron chi connectivity index (χ3n) is 4.13. The lowest BCUT2D eigenvalue weighted by atomic mass is 9.83. The summed E-state index contributed by atoms with van der Waals surface area (Å²) in [6.45, 7) is 5.21. The molecule has 0 aliphatic heterocycles. The molecule has 0 spiro atoms. The van der Waals surface area contributed by atoms with Crippen molar-refractivity contribution in [2.75, 3.05) is 7.05 Å². The van der Waals surface area contributed by atoms with Crippen LogP contribution in [0.3, 0.4) is 0 Å². The molecule has 4 heteroatoms. The van der Waals surface area contributed by atoms with Crippen molar-refractivity contribution in [2.24, 2.45) is 5.92 Å². The summed E-state index contributed by atoms with van der Waals surface area (Å²) in [6.07, 6.45) is 6.51. The lowest BCUT2D eigenvalue weighted by molar-refractivity contribution is 0.290. The largest absolute Gasteiger partial charge is 0.317 e. The van der Waals surface area contributed by atoms with E-state index in [-0.39, 0.29) is 0 Å². The first-order chi connectivity index (χ1) is 8.65. The van der Waals surface area contributed by atoms with Crippen molar-refractivity contribution in [3.63, 3.8) is 0 Å². The van der Waals surface area contributed by atoms with Crippen molar-refractivity contribution >= 4 is 15.9 Å². The Morgan fingerprint density at radius 3 is 2.89 bits per heavy atom. The Hall–Kier alpha value is -0.350. The molecule has 2 rings (SSSR count). The molecule has 0 amide bonds. The van der Waals surface area contributed by atoms with Crippen molar-refractivity contribution in [1.82, 2.24) is 15.1 Å². The van der Waals surface area contributed by atoms with Gasteiger partial charge in [0.1, 0.15) is 0 Å². The number of nitrogens with one attached hydrogen (secondary N) is 1. The van der Waals surface area contributed by atoms with Gasteiger partial charge in [-0.3, -0.25) is 4.68 Å². The van der Waals surface area contributed by atoms with Crippen LogP contribution in [0.4, 0.5) is 0 Å².